The summed E-state index contributed by atoms with van der Waals surface area (Å²) in [6.45, 7) is 5.19. The van der Waals surface area contributed by atoms with Crippen LogP contribution < -0.4 is 9.64 Å². The monoisotopic (exact) mass is 453 g/mol. The second kappa shape index (κ2) is 9.76. The number of methoxy groups -OCH3 is 1. The number of amides is 1. The molecule has 8 heteroatoms. The third-order valence-electron chi connectivity index (χ3n) is 4.54. The van der Waals surface area contributed by atoms with E-state index >= 15 is 0 Å². The number of ether oxygens (including phenoxy) is 1. The minimum atomic E-state index is -0.0582. The van der Waals surface area contributed by atoms with Crippen molar-refractivity contribution in [2.75, 3.05) is 39.2 Å². The van der Waals surface area contributed by atoms with Gasteiger partial charge in [-0.15, -0.1) is 12.4 Å². The third-order valence-corrected chi connectivity index (χ3v) is 6.08. The normalized spacial score (nSPS) is 10.9. The lowest BCUT2D eigenvalue weighted by Gasteiger charge is -2.23. The van der Waals surface area contributed by atoms with E-state index in [1.165, 1.54) is 11.3 Å². The number of aryl methyl sites for hydroxylation is 2. The van der Waals surface area contributed by atoms with E-state index in [4.69, 9.17) is 21.3 Å². The van der Waals surface area contributed by atoms with Crippen molar-refractivity contribution in [2.45, 2.75) is 13.8 Å². The molecule has 3 aromatic rings. The summed E-state index contributed by atoms with van der Waals surface area (Å²) < 4.78 is 6.25. The summed E-state index contributed by atoms with van der Waals surface area (Å²) in [6, 6.07) is 9.51. The predicted molar refractivity (Wildman–Crippen MR) is 125 cm³/mol. The van der Waals surface area contributed by atoms with E-state index in [1.54, 1.807) is 24.1 Å². The number of carbonyl (C=O) groups is 1. The second-order valence-corrected chi connectivity index (χ2v) is 8.39. The molecule has 156 valence electrons. The molecule has 1 heterocycles. The number of fused-ring (bicyclic) bond motifs is 1. The molecule has 1 aromatic heterocycles. The number of thiazole rings is 1. The molecule has 0 aliphatic rings. The molecule has 0 unspecified atom stereocenters. The lowest BCUT2D eigenvalue weighted by molar-refractivity contribution is 0.0984. The molecule has 1 amide bonds. The fraction of sp³-hybridized carbons (Fsp3) is 0.333. The molecular formula is C21H25Cl2N3O2S. The van der Waals surface area contributed by atoms with Crippen LogP contribution in [0.5, 0.6) is 5.75 Å². The Morgan fingerprint density at radius 3 is 2.55 bits per heavy atom. The van der Waals surface area contributed by atoms with Crippen molar-refractivity contribution in [1.29, 1.82) is 0 Å². The van der Waals surface area contributed by atoms with Gasteiger partial charge >= 0.3 is 0 Å². The summed E-state index contributed by atoms with van der Waals surface area (Å²) in [5, 5.41) is 1.22. The summed E-state index contributed by atoms with van der Waals surface area (Å²) >= 11 is 7.79. The average molecular weight is 454 g/mol. The first-order valence-corrected chi connectivity index (χ1v) is 10.2. The van der Waals surface area contributed by atoms with Crippen molar-refractivity contribution in [3.63, 3.8) is 0 Å². The minimum absolute atomic E-state index is 0. The topological polar surface area (TPSA) is 45.7 Å². The smallest absolute Gasteiger partial charge is 0.260 e. The molecule has 0 spiro atoms. The van der Waals surface area contributed by atoms with Crippen LogP contribution in [0.1, 0.15) is 21.5 Å². The van der Waals surface area contributed by atoms with Gasteiger partial charge in [0, 0.05) is 18.7 Å². The van der Waals surface area contributed by atoms with Crippen molar-refractivity contribution in [1.82, 2.24) is 9.88 Å². The maximum atomic E-state index is 13.5. The number of halogens is 2. The second-order valence-electron chi connectivity index (χ2n) is 7.00. The van der Waals surface area contributed by atoms with Crippen LogP contribution in [0.4, 0.5) is 5.13 Å². The van der Waals surface area contributed by atoms with Gasteiger partial charge < -0.3 is 9.64 Å². The van der Waals surface area contributed by atoms with Crippen LogP contribution >= 0.6 is 35.3 Å². The van der Waals surface area contributed by atoms with Gasteiger partial charge in [-0.2, -0.15) is 0 Å². The van der Waals surface area contributed by atoms with Crippen LogP contribution in [0.2, 0.25) is 5.02 Å². The first-order valence-electron chi connectivity index (χ1n) is 8.98. The number of benzene rings is 2. The quantitative estimate of drug-likeness (QED) is 0.513. The number of carbonyl (C=O) groups excluding carboxylic acids is 1. The van der Waals surface area contributed by atoms with Crippen molar-refractivity contribution < 1.29 is 9.53 Å². The maximum absolute atomic E-state index is 13.5. The van der Waals surface area contributed by atoms with Gasteiger partial charge in [0.25, 0.3) is 5.91 Å². The molecule has 0 aliphatic carbocycles. The van der Waals surface area contributed by atoms with Gasteiger partial charge in [0.05, 0.1) is 16.8 Å². The van der Waals surface area contributed by atoms with E-state index in [9.17, 15) is 4.79 Å². The molecule has 0 radical (unpaired) electrons. The Bertz CT molecular complexity index is 1020. The molecule has 0 bridgehead atoms. The maximum Gasteiger partial charge on any atom is 0.260 e. The van der Waals surface area contributed by atoms with Gasteiger partial charge in [-0.05, 0) is 51.7 Å². The lowest BCUT2D eigenvalue weighted by Crippen LogP contribution is -2.37. The first-order chi connectivity index (χ1) is 13.3. The number of nitrogens with zero attached hydrogens (tertiary/aromatic N) is 3. The molecule has 2 aromatic carbocycles. The minimum Gasteiger partial charge on any atom is -0.494 e. The van der Waals surface area contributed by atoms with E-state index in [2.05, 4.69) is 0 Å². The summed E-state index contributed by atoms with van der Waals surface area (Å²) in [5.74, 6) is 0.589. The van der Waals surface area contributed by atoms with Crippen molar-refractivity contribution in [3.05, 3.63) is 52.0 Å². The Labute approximate surface area is 186 Å². The molecule has 3 rings (SSSR count). The van der Waals surface area contributed by atoms with Gasteiger partial charge in [0.2, 0.25) is 0 Å². The zero-order valence-corrected chi connectivity index (χ0v) is 19.5. The average Bonchev–Trinajstić information content (AvgIpc) is 3.10. The number of rotatable bonds is 6. The van der Waals surface area contributed by atoms with E-state index in [1.807, 2.05) is 51.0 Å². The van der Waals surface area contributed by atoms with Crippen LogP contribution in [0, 0.1) is 13.8 Å². The molecule has 0 N–H and O–H groups in total. The highest BCUT2D eigenvalue weighted by atomic mass is 35.5. The van der Waals surface area contributed by atoms with Crippen molar-refractivity contribution >= 4 is 56.6 Å². The number of anilines is 1. The van der Waals surface area contributed by atoms with E-state index < -0.39 is 0 Å². The molecule has 0 atom stereocenters. The molecule has 0 saturated heterocycles. The number of aromatic nitrogens is 1. The first kappa shape index (κ1) is 23.4. The van der Waals surface area contributed by atoms with Crippen LogP contribution in [-0.4, -0.2) is 50.1 Å². The summed E-state index contributed by atoms with van der Waals surface area (Å²) in [4.78, 5) is 22.0. The van der Waals surface area contributed by atoms with Gasteiger partial charge in [-0.1, -0.05) is 40.6 Å². The molecule has 0 saturated carbocycles. The van der Waals surface area contributed by atoms with Gasteiger partial charge in [-0.3, -0.25) is 9.69 Å². The summed E-state index contributed by atoms with van der Waals surface area (Å²) in [7, 11) is 5.57. The highest BCUT2D eigenvalue weighted by Gasteiger charge is 2.24. The fourth-order valence-corrected chi connectivity index (χ4v) is 4.20. The number of hydrogen-bond donors (Lipinski definition) is 0. The number of hydrogen-bond acceptors (Lipinski definition) is 5. The third kappa shape index (κ3) is 5.01. The largest absolute Gasteiger partial charge is 0.494 e. The van der Waals surface area contributed by atoms with Gasteiger partial charge in [0.1, 0.15) is 11.3 Å². The predicted octanol–water partition coefficient (Wildman–Crippen LogP) is 5.21. The van der Waals surface area contributed by atoms with Crippen LogP contribution in [0.15, 0.2) is 30.3 Å². The van der Waals surface area contributed by atoms with Crippen molar-refractivity contribution in [3.8, 4) is 5.75 Å². The Morgan fingerprint density at radius 1 is 1.17 bits per heavy atom. The Kier molecular flexibility index (Phi) is 7.88. The van der Waals surface area contributed by atoms with Crippen LogP contribution in [0.3, 0.4) is 0 Å². The van der Waals surface area contributed by atoms with Gasteiger partial charge in [-0.25, -0.2) is 4.98 Å². The molecule has 5 nitrogen and oxygen atoms in total. The molecule has 0 aliphatic heterocycles. The lowest BCUT2D eigenvalue weighted by atomic mass is 10.0. The Balaban J connectivity index is 0.00000300. The standard InChI is InChI=1S/C21H24ClN3O2S.ClH/c1-13-6-7-14(2)15(12-13)20(26)25(11-10-24(3)4)21-23-18-17(27-5)9-8-16(22)19(18)28-21;/h6-9,12H,10-11H2,1-5H3;1H. The Morgan fingerprint density at radius 2 is 1.90 bits per heavy atom. The molecular weight excluding hydrogens is 429 g/mol. The van der Waals surface area contributed by atoms with E-state index in [0.717, 1.165) is 22.4 Å². The van der Waals surface area contributed by atoms with Crippen molar-refractivity contribution in [2.24, 2.45) is 0 Å². The van der Waals surface area contributed by atoms with E-state index in [-0.39, 0.29) is 18.3 Å². The van der Waals surface area contributed by atoms with Gasteiger partial charge in [0.15, 0.2) is 5.13 Å². The zero-order valence-electron chi connectivity index (χ0n) is 17.2. The highest BCUT2D eigenvalue weighted by molar-refractivity contribution is 7.23. The van der Waals surface area contributed by atoms with Crippen LogP contribution in [-0.2, 0) is 0 Å². The highest BCUT2D eigenvalue weighted by Crippen LogP contribution is 2.39. The molecule has 29 heavy (non-hydrogen) atoms. The summed E-state index contributed by atoms with van der Waals surface area (Å²) in [6.07, 6.45) is 0. The van der Waals surface area contributed by atoms with E-state index in [0.29, 0.717) is 33.5 Å². The molecule has 0 fully saturated rings. The fourth-order valence-electron chi connectivity index (χ4n) is 2.92. The summed E-state index contributed by atoms with van der Waals surface area (Å²) in [5.41, 5.74) is 3.37. The Hall–Kier alpha value is -1.86. The number of likely N-dealkylation sites (N-methyl/N-ethyl adjacent to an activating group) is 1. The SMILES string of the molecule is COc1ccc(Cl)c2sc(N(CCN(C)C)C(=O)c3cc(C)ccc3C)nc12.Cl. The van der Waals surface area contributed by atoms with Crippen LogP contribution in [0.25, 0.3) is 10.2 Å². The zero-order chi connectivity index (χ0) is 20.4.